The van der Waals surface area contributed by atoms with E-state index in [0.29, 0.717) is 12.1 Å². The minimum atomic E-state index is -0.310. The Morgan fingerprint density at radius 1 is 1.22 bits per heavy atom. The van der Waals surface area contributed by atoms with Crippen LogP contribution in [-0.4, -0.2) is 29.3 Å². The molecule has 2 aliphatic rings. The SMILES string of the molecule is O=C(NC1CCCCC1)[C@@H]1CC(=O)N(Cc2ccccc2F)C1. The molecule has 0 spiro atoms. The van der Waals surface area contributed by atoms with Gasteiger partial charge in [-0.3, -0.25) is 9.59 Å². The van der Waals surface area contributed by atoms with E-state index in [4.69, 9.17) is 0 Å². The Balaban J connectivity index is 1.56. The van der Waals surface area contributed by atoms with Gasteiger partial charge in [-0.05, 0) is 18.9 Å². The summed E-state index contributed by atoms with van der Waals surface area (Å²) in [6, 6.07) is 6.71. The molecule has 1 aliphatic heterocycles. The molecule has 2 amide bonds. The fourth-order valence-electron chi connectivity index (χ4n) is 3.50. The lowest BCUT2D eigenvalue weighted by Crippen LogP contribution is -2.40. The summed E-state index contributed by atoms with van der Waals surface area (Å²) >= 11 is 0. The molecule has 1 aliphatic carbocycles. The van der Waals surface area contributed by atoms with Crippen molar-refractivity contribution < 1.29 is 14.0 Å². The number of rotatable bonds is 4. The van der Waals surface area contributed by atoms with Crippen molar-refractivity contribution in [2.45, 2.75) is 51.1 Å². The number of nitrogens with zero attached hydrogens (tertiary/aromatic N) is 1. The highest BCUT2D eigenvalue weighted by atomic mass is 19.1. The first-order valence-electron chi connectivity index (χ1n) is 8.45. The maximum absolute atomic E-state index is 13.7. The number of carbonyl (C=O) groups excluding carboxylic acids is 2. The number of halogens is 1. The predicted molar refractivity (Wildman–Crippen MR) is 84.9 cm³/mol. The lowest BCUT2D eigenvalue weighted by atomic mass is 9.95. The zero-order valence-corrected chi connectivity index (χ0v) is 13.3. The van der Waals surface area contributed by atoms with Gasteiger partial charge in [-0.1, -0.05) is 37.5 Å². The van der Waals surface area contributed by atoms with Gasteiger partial charge in [0.05, 0.1) is 5.92 Å². The van der Waals surface area contributed by atoms with Crippen LogP contribution >= 0.6 is 0 Å². The lowest BCUT2D eigenvalue weighted by molar-refractivity contribution is -0.129. The Morgan fingerprint density at radius 3 is 2.70 bits per heavy atom. The average molecular weight is 318 g/mol. The zero-order chi connectivity index (χ0) is 16.2. The Hall–Kier alpha value is -1.91. The van der Waals surface area contributed by atoms with Crippen LogP contribution < -0.4 is 5.32 Å². The molecule has 3 rings (SSSR count). The van der Waals surface area contributed by atoms with E-state index >= 15 is 0 Å². The van der Waals surface area contributed by atoms with Crippen molar-refractivity contribution in [1.29, 1.82) is 0 Å². The van der Waals surface area contributed by atoms with Crippen molar-refractivity contribution >= 4 is 11.8 Å². The summed E-state index contributed by atoms with van der Waals surface area (Å²) in [5, 5.41) is 3.09. The molecule has 124 valence electrons. The van der Waals surface area contributed by atoms with Crippen molar-refractivity contribution in [3.05, 3.63) is 35.6 Å². The maximum atomic E-state index is 13.7. The van der Waals surface area contributed by atoms with Gasteiger partial charge in [0.15, 0.2) is 0 Å². The van der Waals surface area contributed by atoms with Crippen molar-refractivity contribution in [2.75, 3.05) is 6.54 Å². The molecule has 0 unspecified atom stereocenters. The monoisotopic (exact) mass is 318 g/mol. The number of hydrogen-bond acceptors (Lipinski definition) is 2. The van der Waals surface area contributed by atoms with E-state index in [-0.39, 0.29) is 42.6 Å². The van der Waals surface area contributed by atoms with Gasteiger partial charge in [-0.15, -0.1) is 0 Å². The zero-order valence-electron chi connectivity index (χ0n) is 13.3. The van der Waals surface area contributed by atoms with Crippen LogP contribution in [0, 0.1) is 11.7 Å². The second-order valence-electron chi connectivity index (χ2n) is 6.61. The second-order valence-corrected chi connectivity index (χ2v) is 6.61. The molecule has 1 atom stereocenters. The Morgan fingerprint density at radius 2 is 1.96 bits per heavy atom. The number of carbonyl (C=O) groups is 2. The van der Waals surface area contributed by atoms with Crippen LogP contribution in [0.3, 0.4) is 0 Å². The average Bonchev–Trinajstić information content (AvgIpc) is 2.92. The highest BCUT2D eigenvalue weighted by Gasteiger charge is 2.35. The molecular formula is C18H23FN2O2. The van der Waals surface area contributed by atoms with Gasteiger partial charge in [0.25, 0.3) is 0 Å². The van der Waals surface area contributed by atoms with E-state index in [9.17, 15) is 14.0 Å². The smallest absolute Gasteiger partial charge is 0.225 e. The van der Waals surface area contributed by atoms with E-state index in [0.717, 1.165) is 25.7 Å². The number of benzene rings is 1. The first-order chi connectivity index (χ1) is 11.1. The van der Waals surface area contributed by atoms with Crippen molar-refractivity contribution in [3.8, 4) is 0 Å². The largest absolute Gasteiger partial charge is 0.353 e. The highest BCUT2D eigenvalue weighted by Crippen LogP contribution is 2.23. The number of hydrogen-bond donors (Lipinski definition) is 1. The minimum absolute atomic E-state index is 0.0266. The molecule has 23 heavy (non-hydrogen) atoms. The van der Waals surface area contributed by atoms with Gasteiger partial charge >= 0.3 is 0 Å². The third kappa shape index (κ3) is 3.89. The van der Waals surface area contributed by atoms with Crippen LogP contribution in [0.15, 0.2) is 24.3 Å². The van der Waals surface area contributed by atoms with Crippen molar-refractivity contribution in [2.24, 2.45) is 5.92 Å². The first kappa shape index (κ1) is 16.0. The fourth-order valence-corrected chi connectivity index (χ4v) is 3.50. The van der Waals surface area contributed by atoms with Crippen LogP contribution in [0.2, 0.25) is 0 Å². The fraction of sp³-hybridized carbons (Fsp3) is 0.556. The summed E-state index contributed by atoms with van der Waals surface area (Å²) in [7, 11) is 0. The molecule has 0 aromatic heterocycles. The van der Waals surface area contributed by atoms with Gasteiger partial charge in [0.1, 0.15) is 5.82 Å². The molecule has 0 bridgehead atoms. The van der Waals surface area contributed by atoms with Gasteiger partial charge in [-0.25, -0.2) is 4.39 Å². The van der Waals surface area contributed by atoms with Crippen molar-refractivity contribution in [1.82, 2.24) is 10.2 Å². The molecule has 4 nitrogen and oxygen atoms in total. The summed E-state index contributed by atoms with van der Waals surface area (Å²) in [4.78, 5) is 26.1. The summed E-state index contributed by atoms with van der Waals surface area (Å²) in [6.07, 6.45) is 5.86. The standard InChI is InChI=1S/C18H23FN2O2/c19-16-9-5-4-6-13(16)11-21-12-14(10-17(21)22)18(23)20-15-7-2-1-3-8-15/h4-6,9,14-15H,1-3,7-8,10-12H2,(H,20,23)/t14-/m1/s1. The third-order valence-electron chi connectivity index (χ3n) is 4.86. The molecule has 2 fully saturated rings. The molecule has 1 heterocycles. The molecule has 1 aromatic carbocycles. The normalized spacial score (nSPS) is 22.4. The molecular weight excluding hydrogens is 295 g/mol. The van der Waals surface area contributed by atoms with Crippen LogP contribution in [0.4, 0.5) is 4.39 Å². The summed E-state index contributed by atoms with van der Waals surface area (Å²) in [5.74, 6) is -0.718. The Labute approximate surface area is 136 Å². The van der Waals surface area contributed by atoms with Crippen LogP contribution in [0.25, 0.3) is 0 Å². The van der Waals surface area contributed by atoms with Crippen molar-refractivity contribution in [3.63, 3.8) is 0 Å². The highest BCUT2D eigenvalue weighted by molar-refractivity contribution is 5.89. The summed E-state index contributed by atoms with van der Waals surface area (Å²) < 4.78 is 13.7. The summed E-state index contributed by atoms with van der Waals surface area (Å²) in [5.41, 5.74) is 0.495. The van der Waals surface area contributed by atoms with Gasteiger partial charge < -0.3 is 10.2 Å². The number of amides is 2. The van der Waals surface area contributed by atoms with Gasteiger partial charge in [0.2, 0.25) is 11.8 Å². The second kappa shape index (κ2) is 7.11. The molecule has 1 saturated heterocycles. The molecule has 1 N–H and O–H groups in total. The van der Waals surface area contributed by atoms with E-state index in [1.54, 1.807) is 23.1 Å². The lowest BCUT2D eigenvalue weighted by Gasteiger charge is -2.24. The van der Waals surface area contributed by atoms with E-state index in [1.807, 2.05) is 0 Å². The van der Waals surface area contributed by atoms with E-state index < -0.39 is 0 Å². The molecule has 1 aromatic rings. The summed E-state index contributed by atoms with van der Waals surface area (Å²) in [6.45, 7) is 0.616. The predicted octanol–water partition coefficient (Wildman–Crippen LogP) is 2.62. The molecule has 5 heteroatoms. The van der Waals surface area contributed by atoms with Gasteiger partial charge in [0, 0.05) is 31.1 Å². The van der Waals surface area contributed by atoms with Gasteiger partial charge in [-0.2, -0.15) is 0 Å². The number of nitrogens with one attached hydrogen (secondary N) is 1. The molecule has 0 radical (unpaired) electrons. The quantitative estimate of drug-likeness (QED) is 0.928. The number of likely N-dealkylation sites (tertiary alicyclic amines) is 1. The van der Waals surface area contributed by atoms with Crippen LogP contribution in [0.1, 0.15) is 44.1 Å². The molecule has 1 saturated carbocycles. The minimum Gasteiger partial charge on any atom is -0.353 e. The Kier molecular flexibility index (Phi) is 4.94. The van der Waals surface area contributed by atoms with E-state index in [1.165, 1.54) is 12.5 Å². The maximum Gasteiger partial charge on any atom is 0.225 e. The third-order valence-corrected chi connectivity index (χ3v) is 4.86. The van der Waals surface area contributed by atoms with Crippen LogP contribution in [-0.2, 0) is 16.1 Å². The topological polar surface area (TPSA) is 49.4 Å². The van der Waals surface area contributed by atoms with Crippen LogP contribution in [0.5, 0.6) is 0 Å². The van der Waals surface area contributed by atoms with E-state index in [2.05, 4.69) is 5.32 Å². The Bertz CT molecular complexity index is 584. The first-order valence-corrected chi connectivity index (χ1v) is 8.45.